The number of nitrogens with zero attached hydrogens (tertiary/aromatic N) is 2. The van der Waals surface area contributed by atoms with E-state index in [-0.39, 0.29) is 11.6 Å². The average molecular weight is 323 g/mol. The summed E-state index contributed by atoms with van der Waals surface area (Å²) >= 11 is 5.35. The molecule has 0 spiro atoms. The summed E-state index contributed by atoms with van der Waals surface area (Å²) in [5.41, 5.74) is 0.960. The number of ketones is 1. The Morgan fingerprint density at radius 1 is 1.32 bits per heavy atom. The van der Waals surface area contributed by atoms with Gasteiger partial charge in [-0.15, -0.1) is 0 Å². The maximum absolute atomic E-state index is 14.2. The highest BCUT2D eigenvalue weighted by Gasteiger charge is 2.21. The molecular formula is C16H22FN3OS. The Labute approximate surface area is 136 Å². The van der Waals surface area contributed by atoms with E-state index >= 15 is 0 Å². The van der Waals surface area contributed by atoms with Crippen molar-refractivity contribution in [2.75, 3.05) is 37.6 Å². The van der Waals surface area contributed by atoms with Crippen molar-refractivity contribution >= 4 is 28.8 Å². The Kier molecular flexibility index (Phi) is 5.71. The van der Waals surface area contributed by atoms with Crippen LogP contribution < -0.4 is 10.2 Å². The standard InChI is InChI=1S/C16H22FN3OS/c1-3-6-18-16(22)20-9-7-19(8-10-20)15-5-4-13(12(2)21)11-14(15)17/h4-5,11H,3,6-10H2,1-2H3,(H,18,22). The summed E-state index contributed by atoms with van der Waals surface area (Å²) in [6.07, 6.45) is 1.04. The number of hydrogen-bond donors (Lipinski definition) is 1. The fraction of sp³-hybridized carbons (Fsp3) is 0.500. The Bertz CT molecular complexity index is 556. The predicted octanol–water partition coefficient (Wildman–Crippen LogP) is 2.43. The van der Waals surface area contributed by atoms with Crippen LogP contribution in [0.3, 0.4) is 0 Å². The molecule has 1 fully saturated rings. The van der Waals surface area contributed by atoms with Gasteiger partial charge in [-0.25, -0.2) is 4.39 Å². The molecule has 0 aliphatic carbocycles. The van der Waals surface area contributed by atoms with E-state index in [9.17, 15) is 9.18 Å². The molecule has 1 aromatic rings. The topological polar surface area (TPSA) is 35.6 Å². The first-order valence-corrected chi connectivity index (χ1v) is 8.02. The Balaban J connectivity index is 1.97. The maximum atomic E-state index is 14.2. The van der Waals surface area contributed by atoms with Crippen LogP contribution in [0.15, 0.2) is 18.2 Å². The van der Waals surface area contributed by atoms with Crippen LogP contribution in [0, 0.1) is 5.82 Å². The van der Waals surface area contributed by atoms with E-state index in [1.54, 1.807) is 12.1 Å². The van der Waals surface area contributed by atoms with Crippen molar-refractivity contribution in [2.45, 2.75) is 20.3 Å². The molecule has 4 nitrogen and oxygen atoms in total. The molecule has 0 saturated carbocycles. The lowest BCUT2D eigenvalue weighted by atomic mass is 10.1. The molecule has 1 aliphatic heterocycles. The second kappa shape index (κ2) is 7.54. The molecule has 1 aromatic carbocycles. The molecule has 1 aliphatic rings. The van der Waals surface area contributed by atoms with Gasteiger partial charge in [0, 0.05) is 38.3 Å². The lowest BCUT2D eigenvalue weighted by Crippen LogP contribution is -2.52. The molecule has 0 unspecified atom stereocenters. The van der Waals surface area contributed by atoms with Gasteiger partial charge in [-0.2, -0.15) is 0 Å². The molecule has 1 saturated heterocycles. The lowest BCUT2D eigenvalue weighted by Gasteiger charge is -2.37. The van der Waals surface area contributed by atoms with E-state index in [2.05, 4.69) is 17.1 Å². The minimum Gasteiger partial charge on any atom is -0.366 e. The molecule has 1 heterocycles. The minimum absolute atomic E-state index is 0.123. The Morgan fingerprint density at radius 2 is 2.00 bits per heavy atom. The van der Waals surface area contributed by atoms with Crippen LogP contribution in [-0.4, -0.2) is 48.5 Å². The van der Waals surface area contributed by atoms with Gasteiger partial charge in [0.1, 0.15) is 5.82 Å². The van der Waals surface area contributed by atoms with Gasteiger partial charge in [-0.05, 0) is 43.8 Å². The van der Waals surface area contributed by atoms with Crippen molar-refractivity contribution in [1.82, 2.24) is 10.2 Å². The van der Waals surface area contributed by atoms with Crippen LogP contribution >= 0.6 is 12.2 Å². The molecule has 2 rings (SSSR count). The van der Waals surface area contributed by atoms with Crippen LogP contribution in [0.1, 0.15) is 30.6 Å². The van der Waals surface area contributed by atoms with Gasteiger partial charge < -0.3 is 15.1 Å². The van der Waals surface area contributed by atoms with Gasteiger partial charge in [-0.3, -0.25) is 4.79 Å². The van der Waals surface area contributed by atoms with E-state index in [1.165, 1.54) is 13.0 Å². The molecule has 0 bridgehead atoms. The molecule has 120 valence electrons. The molecular weight excluding hydrogens is 301 g/mol. The monoisotopic (exact) mass is 323 g/mol. The summed E-state index contributed by atoms with van der Waals surface area (Å²) in [6, 6.07) is 4.69. The molecule has 6 heteroatoms. The smallest absolute Gasteiger partial charge is 0.169 e. The molecule has 0 aromatic heterocycles. The number of Topliss-reactive ketones (excluding diaryl/α,β-unsaturated/α-hetero) is 1. The quantitative estimate of drug-likeness (QED) is 0.680. The van der Waals surface area contributed by atoms with Gasteiger partial charge in [0.15, 0.2) is 10.9 Å². The maximum Gasteiger partial charge on any atom is 0.169 e. The number of benzene rings is 1. The van der Waals surface area contributed by atoms with Crippen molar-refractivity contribution in [2.24, 2.45) is 0 Å². The van der Waals surface area contributed by atoms with E-state index in [4.69, 9.17) is 12.2 Å². The number of hydrogen-bond acceptors (Lipinski definition) is 3. The van der Waals surface area contributed by atoms with Crippen LogP contribution in [0.25, 0.3) is 0 Å². The van der Waals surface area contributed by atoms with E-state index in [1.807, 2.05) is 4.90 Å². The van der Waals surface area contributed by atoms with Crippen LogP contribution in [0.5, 0.6) is 0 Å². The lowest BCUT2D eigenvalue weighted by molar-refractivity contribution is 0.101. The fourth-order valence-corrected chi connectivity index (χ4v) is 2.76. The number of halogens is 1. The Hall–Kier alpha value is -1.69. The summed E-state index contributed by atoms with van der Waals surface area (Å²) in [6.45, 7) is 7.38. The molecule has 0 radical (unpaired) electrons. The zero-order valence-electron chi connectivity index (χ0n) is 13.1. The highest BCUT2D eigenvalue weighted by atomic mass is 32.1. The zero-order chi connectivity index (χ0) is 16.1. The van der Waals surface area contributed by atoms with Crippen molar-refractivity contribution < 1.29 is 9.18 Å². The van der Waals surface area contributed by atoms with Gasteiger partial charge in [0.25, 0.3) is 0 Å². The van der Waals surface area contributed by atoms with Crippen LogP contribution in [0.2, 0.25) is 0 Å². The fourth-order valence-electron chi connectivity index (χ4n) is 2.48. The summed E-state index contributed by atoms with van der Waals surface area (Å²) in [4.78, 5) is 15.4. The molecule has 0 atom stereocenters. The van der Waals surface area contributed by atoms with E-state index < -0.39 is 0 Å². The average Bonchev–Trinajstić information content (AvgIpc) is 2.52. The first-order chi connectivity index (χ1) is 10.5. The highest BCUT2D eigenvalue weighted by molar-refractivity contribution is 7.80. The number of rotatable bonds is 4. The summed E-state index contributed by atoms with van der Waals surface area (Å²) in [7, 11) is 0. The number of thiocarbonyl (C=S) groups is 1. The third kappa shape index (κ3) is 3.94. The van der Waals surface area contributed by atoms with Crippen molar-refractivity contribution in [3.8, 4) is 0 Å². The number of carbonyl (C=O) groups is 1. The SMILES string of the molecule is CCCNC(=S)N1CCN(c2ccc(C(C)=O)cc2F)CC1. The van der Waals surface area contributed by atoms with Crippen LogP contribution in [0.4, 0.5) is 10.1 Å². The number of anilines is 1. The third-order valence-corrected chi connectivity index (χ3v) is 4.19. The molecule has 1 N–H and O–H groups in total. The molecule has 22 heavy (non-hydrogen) atoms. The first-order valence-electron chi connectivity index (χ1n) is 7.61. The number of nitrogens with one attached hydrogen (secondary N) is 1. The van der Waals surface area contributed by atoms with Crippen molar-refractivity contribution in [1.29, 1.82) is 0 Å². The highest BCUT2D eigenvalue weighted by Crippen LogP contribution is 2.22. The number of piperazine rings is 1. The minimum atomic E-state index is -0.340. The normalized spacial score (nSPS) is 14.9. The van der Waals surface area contributed by atoms with Crippen molar-refractivity contribution in [3.05, 3.63) is 29.6 Å². The summed E-state index contributed by atoms with van der Waals surface area (Å²) in [5.74, 6) is -0.463. The van der Waals surface area contributed by atoms with Gasteiger partial charge in [0.2, 0.25) is 0 Å². The van der Waals surface area contributed by atoms with E-state index in [0.29, 0.717) is 24.3 Å². The second-order valence-corrected chi connectivity index (χ2v) is 5.82. The summed E-state index contributed by atoms with van der Waals surface area (Å²) < 4.78 is 14.2. The molecule has 0 amide bonds. The van der Waals surface area contributed by atoms with Gasteiger partial charge in [-0.1, -0.05) is 6.92 Å². The predicted molar refractivity (Wildman–Crippen MR) is 91.1 cm³/mol. The Morgan fingerprint density at radius 3 is 2.55 bits per heavy atom. The van der Waals surface area contributed by atoms with Gasteiger partial charge >= 0.3 is 0 Å². The third-order valence-electron chi connectivity index (χ3n) is 3.79. The zero-order valence-corrected chi connectivity index (χ0v) is 13.9. The van der Waals surface area contributed by atoms with Crippen molar-refractivity contribution in [3.63, 3.8) is 0 Å². The number of carbonyl (C=O) groups excluding carboxylic acids is 1. The van der Waals surface area contributed by atoms with Gasteiger partial charge in [0.05, 0.1) is 5.69 Å². The first kappa shape index (κ1) is 16.7. The van der Waals surface area contributed by atoms with Crippen LogP contribution in [-0.2, 0) is 0 Å². The summed E-state index contributed by atoms with van der Waals surface area (Å²) in [5, 5.41) is 3.99. The second-order valence-electron chi connectivity index (χ2n) is 5.43. The largest absolute Gasteiger partial charge is 0.366 e. The van der Waals surface area contributed by atoms with E-state index in [0.717, 1.165) is 31.2 Å².